The molecule has 7 heteroatoms. The Morgan fingerprint density at radius 3 is 2.58 bits per heavy atom. The van der Waals surface area contributed by atoms with Gasteiger partial charge in [0, 0.05) is 23.3 Å². The van der Waals surface area contributed by atoms with Gasteiger partial charge in [0.25, 0.3) is 0 Å². The molecule has 122 valence electrons. The van der Waals surface area contributed by atoms with Crippen molar-refractivity contribution in [1.29, 1.82) is 0 Å². The molecule has 0 aliphatic heterocycles. The molecule has 0 saturated carbocycles. The molecule has 0 unspecified atom stereocenters. The fourth-order valence-corrected chi connectivity index (χ4v) is 2.49. The number of nitrogens with one attached hydrogen (secondary N) is 2. The van der Waals surface area contributed by atoms with Gasteiger partial charge in [0.2, 0.25) is 5.95 Å². The van der Waals surface area contributed by atoms with Crippen molar-refractivity contribution in [2.24, 2.45) is 0 Å². The molecule has 0 amide bonds. The van der Waals surface area contributed by atoms with Gasteiger partial charge in [-0.15, -0.1) is 0 Å². The SMILES string of the molecule is OCCNc1nc(Nc2ccccc2Br)cc(-c2ccccn2)n1. The van der Waals surface area contributed by atoms with Crippen molar-refractivity contribution in [3.8, 4) is 11.4 Å². The van der Waals surface area contributed by atoms with Crippen LogP contribution in [0.3, 0.4) is 0 Å². The number of halogens is 1. The molecule has 1 aromatic carbocycles. The van der Waals surface area contributed by atoms with Gasteiger partial charge in [-0.1, -0.05) is 18.2 Å². The van der Waals surface area contributed by atoms with Gasteiger partial charge in [0.05, 0.1) is 23.7 Å². The van der Waals surface area contributed by atoms with Gasteiger partial charge in [0.15, 0.2) is 0 Å². The number of rotatable bonds is 6. The summed E-state index contributed by atoms with van der Waals surface area (Å²) in [4.78, 5) is 13.2. The first kappa shape index (κ1) is 16.4. The zero-order chi connectivity index (χ0) is 16.8. The first-order valence-corrected chi connectivity index (χ1v) is 8.22. The third kappa shape index (κ3) is 4.06. The Balaban J connectivity index is 1.97. The standard InChI is InChI=1S/C17H16BrN5O/c18-12-5-1-2-6-13(12)21-16-11-15(14-7-3-4-8-19-14)22-17(23-16)20-9-10-24/h1-8,11,24H,9-10H2,(H2,20,21,22,23). The molecule has 3 aromatic rings. The Morgan fingerprint density at radius 2 is 1.83 bits per heavy atom. The minimum atomic E-state index is 0.00414. The first-order valence-electron chi connectivity index (χ1n) is 7.43. The largest absolute Gasteiger partial charge is 0.395 e. The van der Waals surface area contributed by atoms with Crippen LogP contribution >= 0.6 is 15.9 Å². The van der Waals surface area contributed by atoms with Crippen LogP contribution in [-0.2, 0) is 0 Å². The zero-order valence-corrected chi connectivity index (χ0v) is 14.4. The minimum Gasteiger partial charge on any atom is -0.395 e. The van der Waals surface area contributed by atoms with Gasteiger partial charge in [-0.3, -0.25) is 4.98 Å². The molecule has 0 spiro atoms. The molecular formula is C17H16BrN5O. The van der Waals surface area contributed by atoms with Crippen LogP contribution in [0, 0.1) is 0 Å². The van der Waals surface area contributed by atoms with Crippen LogP contribution in [0.2, 0.25) is 0 Å². The molecule has 2 heterocycles. The van der Waals surface area contributed by atoms with Crippen molar-refractivity contribution in [2.45, 2.75) is 0 Å². The summed E-state index contributed by atoms with van der Waals surface area (Å²) in [5.74, 6) is 1.07. The summed E-state index contributed by atoms with van der Waals surface area (Å²) in [5.41, 5.74) is 2.35. The number of aromatic nitrogens is 3. The highest BCUT2D eigenvalue weighted by molar-refractivity contribution is 9.10. The number of pyridine rings is 1. The third-order valence-corrected chi connectivity index (χ3v) is 3.88. The van der Waals surface area contributed by atoms with Gasteiger partial charge in [0.1, 0.15) is 5.82 Å². The molecule has 0 saturated heterocycles. The molecular weight excluding hydrogens is 370 g/mol. The Labute approximate surface area is 148 Å². The second kappa shape index (κ2) is 7.85. The van der Waals surface area contributed by atoms with E-state index in [4.69, 9.17) is 5.11 Å². The Hall–Kier alpha value is -2.51. The summed E-state index contributed by atoms with van der Waals surface area (Å²) in [5, 5.41) is 15.3. The van der Waals surface area contributed by atoms with E-state index in [-0.39, 0.29) is 6.61 Å². The van der Waals surface area contributed by atoms with E-state index in [9.17, 15) is 0 Å². The van der Waals surface area contributed by atoms with E-state index in [0.29, 0.717) is 24.0 Å². The van der Waals surface area contributed by atoms with Crippen LogP contribution in [0.25, 0.3) is 11.4 Å². The average molecular weight is 386 g/mol. The Bertz CT molecular complexity index is 813. The smallest absolute Gasteiger partial charge is 0.225 e. The Kier molecular flexibility index (Phi) is 5.35. The Morgan fingerprint density at radius 1 is 1.00 bits per heavy atom. The number of anilines is 3. The van der Waals surface area contributed by atoms with Crippen molar-refractivity contribution in [2.75, 3.05) is 23.8 Å². The molecule has 6 nitrogen and oxygen atoms in total. The van der Waals surface area contributed by atoms with Gasteiger partial charge in [-0.05, 0) is 40.2 Å². The summed E-state index contributed by atoms with van der Waals surface area (Å²) in [6.45, 7) is 0.379. The third-order valence-electron chi connectivity index (χ3n) is 3.18. The number of hydrogen-bond donors (Lipinski definition) is 3. The lowest BCUT2D eigenvalue weighted by molar-refractivity contribution is 0.311. The normalized spacial score (nSPS) is 10.4. The predicted molar refractivity (Wildman–Crippen MR) is 98.3 cm³/mol. The van der Waals surface area contributed by atoms with E-state index in [1.165, 1.54) is 0 Å². The van der Waals surface area contributed by atoms with Crippen LogP contribution in [-0.4, -0.2) is 33.2 Å². The maximum atomic E-state index is 9.00. The highest BCUT2D eigenvalue weighted by atomic mass is 79.9. The molecule has 0 aliphatic carbocycles. The number of aliphatic hydroxyl groups is 1. The molecule has 24 heavy (non-hydrogen) atoms. The molecule has 0 bridgehead atoms. The monoisotopic (exact) mass is 385 g/mol. The van der Waals surface area contributed by atoms with E-state index < -0.39 is 0 Å². The lowest BCUT2D eigenvalue weighted by Crippen LogP contribution is -2.10. The van der Waals surface area contributed by atoms with Crippen LogP contribution in [0.5, 0.6) is 0 Å². The second-order valence-corrected chi connectivity index (χ2v) is 5.79. The lowest BCUT2D eigenvalue weighted by atomic mass is 10.2. The van der Waals surface area contributed by atoms with Crippen LogP contribution in [0.1, 0.15) is 0 Å². The van der Waals surface area contributed by atoms with Crippen molar-refractivity contribution >= 4 is 33.4 Å². The first-order chi connectivity index (χ1) is 11.8. The quantitative estimate of drug-likeness (QED) is 0.602. The molecule has 0 radical (unpaired) electrons. The molecule has 0 atom stereocenters. The van der Waals surface area contributed by atoms with Crippen LogP contribution in [0.15, 0.2) is 59.2 Å². The summed E-state index contributed by atoms with van der Waals surface area (Å²) < 4.78 is 0.938. The molecule has 0 fully saturated rings. The highest BCUT2D eigenvalue weighted by Gasteiger charge is 2.09. The molecule has 3 rings (SSSR count). The topological polar surface area (TPSA) is 83.0 Å². The number of para-hydroxylation sites is 1. The van der Waals surface area contributed by atoms with Crippen LogP contribution < -0.4 is 10.6 Å². The van der Waals surface area contributed by atoms with Crippen molar-refractivity contribution < 1.29 is 5.11 Å². The minimum absolute atomic E-state index is 0.00414. The van der Waals surface area contributed by atoms with Crippen molar-refractivity contribution in [1.82, 2.24) is 15.0 Å². The molecule has 0 aliphatic rings. The maximum absolute atomic E-state index is 9.00. The van der Waals surface area contributed by atoms with Gasteiger partial charge in [-0.2, -0.15) is 4.98 Å². The summed E-state index contributed by atoms with van der Waals surface area (Å²) >= 11 is 3.51. The summed E-state index contributed by atoms with van der Waals surface area (Å²) in [6.07, 6.45) is 1.72. The molecule has 2 aromatic heterocycles. The van der Waals surface area contributed by atoms with Crippen LogP contribution in [0.4, 0.5) is 17.5 Å². The number of hydrogen-bond acceptors (Lipinski definition) is 6. The predicted octanol–water partition coefficient (Wildman–Crippen LogP) is 3.45. The van der Waals surface area contributed by atoms with Crippen molar-refractivity contribution in [3.63, 3.8) is 0 Å². The fourth-order valence-electron chi connectivity index (χ4n) is 2.10. The van der Waals surface area contributed by atoms with E-state index in [2.05, 4.69) is 41.5 Å². The van der Waals surface area contributed by atoms with Gasteiger partial charge < -0.3 is 15.7 Å². The lowest BCUT2D eigenvalue weighted by Gasteiger charge is -2.11. The van der Waals surface area contributed by atoms with E-state index in [1.54, 1.807) is 6.20 Å². The van der Waals surface area contributed by atoms with E-state index >= 15 is 0 Å². The number of aliphatic hydroxyl groups excluding tert-OH is 1. The van der Waals surface area contributed by atoms with Gasteiger partial charge in [-0.25, -0.2) is 4.98 Å². The fraction of sp³-hybridized carbons (Fsp3) is 0.118. The van der Waals surface area contributed by atoms with E-state index in [1.807, 2.05) is 48.5 Å². The van der Waals surface area contributed by atoms with E-state index in [0.717, 1.165) is 15.9 Å². The average Bonchev–Trinajstić information content (AvgIpc) is 2.62. The van der Waals surface area contributed by atoms with Gasteiger partial charge >= 0.3 is 0 Å². The maximum Gasteiger partial charge on any atom is 0.225 e. The van der Waals surface area contributed by atoms with Crippen molar-refractivity contribution in [3.05, 3.63) is 59.2 Å². The summed E-state index contributed by atoms with van der Waals surface area (Å²) in [7, 11) is 0. The second-order valence-electron chi connectivity index (χ2n) is 4.93. The number of benzene rings is 1. The molecule has 3 N–H and O–H groups in total. The zero-order valence-electron chi connectivity index (χ0n) is 12.8. The number of nitrogens with zero attached hydrogens (tertiary/aromatic N) is 3. The highest BCUT2D eigenvalue weighted by Crippen LogP contribution is 2.26. The summed E-state index contributed by atoms with van der Waals surface area (Å²) in [6, 6.07) is 15.3.